The minimum absolute atomic E-state index is 0.289. The smallest absolute Gasteiger partial charge is 0.138 e. The van der Waals surface area contributed by atoms with Gasteiger partial charge in [-0.1, -0.05) is 50.1 Å². The lowest BCUT2D eigenvalue weighted by atomic mass is 9.86. The minimum atomic E-state index is 0.289. The van der Waals surface area contributed by atoms with Gasteiger partial charge in [0.15, 0.2) is 0 Å². The Morgan fingerprint density at radius 3 is 2.35 bits per heavy atom. The third-order valence-electron chi connectivity index (χ3n) is 7.73. The number of fused-ring (bicyclic) bond motifs is 1. The molecule has 2 aliphatic rings. The first-order valence-corrected chi connectivity index (χ1v) is 12.7. The van der Waals surface area contributed by atoms with E-state index < -0.39 is 0 Å². The molecule has 2 aromatic rings. The van der Waals surface area contributed by atoms with Gasteiger partial charge >= 0.3 is 0 Å². The summed E-state index contributed by atoms with van der Waals surface area (Å²) in [4.78, 5) is 2.58. The van der Waals surface area contributed by atoms with Gasteiger partial charge in [0.2, 0.25) is 0 Å². The molecule has 1 saturated carbocycles. The molecule has 4 heteroatoms. The number of piperidine rings is 1. The zero-order chi connectivity index (χ0) is 21.8. The summed E-state index contributed by atoms with van der Waals surface area (Å²) < 4.78 is 6.39. The summed E-state index contributed by atoms with van der Waals surface area (Å²) in [5.41, 5.74) is 1.33. The van der Waals surface area contributed by atoms with Gasteiger partial charge in [-0.3, -0.25) is 4.90 Å². The standard InChI is InChI=1S/C27H38ClNO2/c1-3-19-5-10-23(11-6-19)31-26-12-9-21-7-8-22(17-24(21)27(26)28)25(4-2)29-15-13-20(18-30)14-16-29/h7-9,12,17,19-20,23,25,30H,3-6,10-11,13-16,18H2,1-2H3. The monoisotopic (exact) mass is 443 g/mol. The molecule has 4 rings (SSSR count). The lowest BCUT2D eigenvalue weighted by molar-refractivity contribution is 0.0981. The number of rotatable bonds is 7. The maximum Gasteiger partial charge on any atom is 0.138 e. The molecule has 1 aliphatic carbocycles. The van der Waals surface area contributed by atoms with Crippen LogP contribution in [0, 0.1) is 11.8 Å². The van der Waals surface area contributed by atoms with Crippen LogP contribution < -0.4 is 4.74 Å². The molecule has 31 heavy (non-hydrogen) atoms. The van der Waals surface area contributed by atoms with Crippen molar-refractivity contribution >= 4 is 22.4 Å². The number of benzene rings is 2. The molecule has 3 nitrogen and oxygen atoms in total. The van der Waals surface area contributed by atoms with Crippen LogP contribution in [0.2, 0.25) is 5.02 Å². The van der Waals surface area contributed by atoms with Crippen LogP contribution in [-0.2, 0) is 0 Å². The van der Waals surface area contributed by atoms with E-state index in [4.69, 9.17) is 16.3 Å². The second-order valence-electron chi connectivity index (χ2n) is 9.61. The van der Waals surface area contributed by atoms with Gasteiger partial charge in [0, 0.05) is 18.0 Å². The first-order chi connectivity index (χ1) is 15.1. The molecule has 0 aromatic heterocycles. The number of halogens is 1. The number of hydrogen-bond donors (Lipinski definition) is 1. The van der Waals surface area contributed by atoms with Crippen molar-refractivity contribution < 1.29 is 9.84 Å². The summed E-state index contributed by atoms with van der Waals surface area (Å²) in [6, 6.07) is 11.3. The fourth-order valence-electron chi connectivity index (χ4n) is 5.57. The molecule has 1 aliphatic heterocycles. The van der Waals surface area contributed by atoms with E-state index in [-0.39, 0.29) is 6.10 Å². The van der Waals surface area contributed by atoms with Crippen molar-refractivity contribution in [2.45, 2.75) is 77.4 Å². The highest BCUT2D eigenvalue weighted by Crippen LogP contribution is 2.38. The van der Waals surface area contributed by atoms with Gasteiger partial charge < -0.3 is 9.84 Å². The molecule has 1 heterocycles. The molecule has 0 spiro atoms. The molecule has 1 N–H and O–H groups in total. The zero-order valence-corrected chi connectivity index (χ0v) is 19.9. The molecule has 1 saturated heterocycles. The lowest BCUT2D eigenvalue weighted by Gasteiger charge is -2.37. The van der Waals surface area contributed by atoms with E-state index in [9.17, 15) is 5.11 Å². The Kier molecular flexibility index (Phi) is 7.79. The van der Waals surface area contributed by atoms with Crippen LogP contribution in [0.25, 0.3) is 10.8 Å². The van der Waals surface area contributed by atoms with Crippen LogP contribution in [0.15, 0.2) is 30.3 Å². The first kappa shape index (κ1) is 22.9. The van der Waals surface area contributed by atoms with Crippen LogP contribution in [0.4, 0.5) is 0 Å². The maximum absolute atomic E-state index is 9.46. The molecule has 1 unspecified atom stereocenters. The summed E-state index contributed by atoms with van der Waals surface area (Å²) in [5.74, 6) is 2.16. The quantitative estimate of drug-likeness (QED) is 0.500. The normalized spacial score (nSPS) is 24.4. The van der Waals surface area contributed by atoms with E-state index in [1.807, 2.05) is 6.07 Å². The molecule has 0 radical (unpaired) electrons. The van der Waals surface area contributed by atoms with Crippen molar-refractivity contribution in [3.63, 3.8) is 0 Å². The molecule has 0 bridgehead atoms. The van der Waals surface area contributed by atoms with Gasteiger partial charge in [-0.15, -0.1) is 0 Å². The number of hydrogen-bond acceptors (Lipinski definition) is 3. The van der Waals surface area contributed by atoms with Crippen molar-refractivity contribution in [3.05, 3.63) is 40.9 Å². The summed E-state index contributed by atoms with van der Waals surface area (Å²) >= 11 is 6.89. The topological polar surface area (TPSA) is 32.7 Å². The van der Waals surface area contributed by atoms with E-state index in [1.165, 1.54) is 30.2 Å². The van der Waals surface area contributed by atoms with Gasteiger partial charge in [-0.05, 0) is 93.0 Å². The molecule has 0 amide bonds. The van der Waals surface area contributed by atoms with Crippen molar-refractivity contribution in [3.8, 4) is 5.75 Å². The van der Waals surface area contributed by atoms with Crippen LogP contribution >= 0.6 is 11.6 Å². The van der Waals surface area contributed by atoms with Gasteiger partial charge in [-0.25, -0.2) is 0 Å². The van der Waals surface area contributed by atoms with Gasteiger partial charge in [0.1, 0.15) is 5.75 Å². The fourth-order valence-corrected chi connectivity index (χ4v) is 5.84. The number of aliphatic hydroxyl groups is 1. The number of aliphatic hydroxyl groups excluding tert-OH is 1. The summed E-state index contributed by atoms with van der Waals surface area (Å²) in [6.07, 6.45) is 9.61. The average Bonchev–Trinajstić information content (AvgIpc) is 2.82. The van der Waals surface area contributed by atoms with Crippen LogP contribution in [-0.4, -0.2) is 35.8 Å². The van der Waals surface area contributed by atoms with E-state index in [0.717, 1.165) is 67.3 Å². The highest BCUT2D eigenvalue weighted by Gasteiger charge is 2.26. The van der Waals surface area contributed by atoms with Gasteiger partial charge in [0.05, 0.1) is 11.1 Å². The summed E-state index contributed by atoms with van der Waals surface area (Å²) in [6.45, 7) is 6.99. The Hall–Kier alpha value is -1.29. The van der Waals surface area contributed by atoms with Crippen molar-refractivity contribution in [1.82, 2.24) is 4.90 Å². The van der Waals surface area contributed by atoms with Crippen molar-refractivity contribution in [2.24, 2.45) is 11.8 Å². The maximum atomic E-state index is 9.46. The first-order valence-electron chi connectivity index (χ1n) is 12.4. The molecule has 2 aromatic carbocycles. The third kappa shape index (κ3) is 5.21. The van der Waals surface area contributed by atoms with Crippen molar-refractivity contribution in [2.75, 3.05) is 19.7 Å². The van der Waals surface area contributed by atoms with Gasteiger partial charge in [-0.2, -0.15) is 0 Å². The fraction of sp³-hybridized carbons (Fsp3) is 0.630. The highest BCUT2D eigenvalue weighted by molar-refractivity contribution is 6.37. The average molecular weight is 444 g/mol. The van der Waals surface area contributed by atoms with E-state index in [2.05, 4.69) is 43.0 Å². The highest BCUT2D eigenvalue weighted by atomic mass is 35.5. The Bertz CT molecular complexity index is 854. The summed E-state index contributed by atoms with van der Waals surface area (Å²) in [7, 11) is 0. The Balaban J connectivity index is 1.53. The number of ether oxygens (including phenoxy) is 1. The Morgan fingerprint density at radius 1 is 1.00 bits per heavy atom. The Labute approximate surface area is 192 Å². The van der Waals surface area contributed by atoms with Crippen LogP contribution in [0.5, 0.6) is 5.75 Å². The molecule has 2 fully saturated rings. The lowest BCUT2D eigenvalue weighted by Crippen LogP contribution is -2.37. The second kappa shape index (κ2) is 10.6. The SMILES string of the molecule is CCC1CCC(Oc2ccc3ccc(C(CC)N4CCC(CO)CC4)cc3c2Cl)CC1. The molecule has 170 valence electrons. The predicted octanol–water partition coefficient (Wildman–Crippen LogP) is 7.00. The Morgan fingerprint density at radius 2 is 1.71 bits per heavy atom. The van der Waals surface area contributed by atoms with Gasteiger partial charge in [0.25, 0.3) is 0 Å². The second-order valence-corrected chi connectivity index (χ2v) is 9.99. The van der Waals surface area contributed by atoms with E-state index in [0.29, 0.717) is 18.6 Å². The van der Waals surface area contributed by atoms with Crippen LogP contribution in [0.3, 0.4) is 0 Å². The number of nitrogens with zero attached hydrogens (tertiary/aromatic N) is 1. The van der Waals surface area contributed by atoms with E-state index >= 15 is 0 Å². The van der Waals surface area contributed by atoms with Crippen LogP contribution in [0.1, 0.15) is 76.8 Å². The summed E-state index contributed by atoms with van der Waals surface area (Å²) in [5, 5.41) is 12.5. The van der Waals surface area contributed by atoms with E-state index in [1.54, 1.807) is 0 Å². The molecular weight excluding hydrogens is 406 g/mol. The molecular formula is C27H38ClNO2. The minimum Gasteiger partial charge on any atom is -0.489 e. The van der Waals surface area contributed by atoms with Crippen molar-refractivity contribution in [1.29, 1.82) is 0 Å². The number of likely N-dealkylation sites (tertiary alicyclic amines) is 1. The predicted molar refractivity (Wildman–Crippen MR) is 130 cm³/mol. The largest absolute Gasteiger partial charge is 0.489 e. The zero-order valence-electron chi connectivity index (χ0n) is 19.2. The third-order valence-corrected chi connectivity index (χ3v) is 8.12. The molecule has 1 atom stereocenters.